The fraction of sp³-hybridized carbons (Fsp3) is 0.556. The normalized spacial score (nSPS) is 12.6. The van der Waals surface area contributed by atoms with Crippen molar-refractivity contribution in [3.05, 3.63) is 24.2 Å². The summed E-state index contributed by atoms with van der Waals surface area (Å²) in [6.45, 7) is 3.69. The summed E-state index contributed by atoms with van der Waals surface area (Å²) in [6, 6.07) is 1.76. The lowest BCUT2D eigenvalue weighted by molar-refractivity contribution is 0.456. The van der Waals surface area contributed by atoms with Gasteiger partial charge in [-0.3, -0.25) is 0 Å². The fourth-order valence-electron chi connectivity index (χ4n) is 1.09. The van der Waals surface area contributed by atoms with Crippen LogP contribution < -0.4 is 0 Å². The molecule has 0 aliphatic carbocycles. The van der Waals surface area contributed by atoms with Gasteiger partial charge in [-0.2, -0.15) is 0 Å². The van der Waals surface area contributed by atoms with Crippen LogP contribution in [0.2, 0.25) is 0 Å². The molecular weight excluding hydrogens is 202 g/mol. The van der Waals surface area contributed by atoms with Crippen molar-refractivity contribution in [2.45, 2.75) is 25.6 Å². The molecule has 0 aromatic carbocycles. The zero-order valence-electron chi connectivity index (χ0n) is 8.60. The second-order valence-corrected chi connectivity index (χ2v) is 6.08. The molecule has 0 spiro atoms. The predicted octanol–water partition coefficient (Wildman–Crippen LogP) is 1.45. The lowest BCUT2D eigenvalue weighted by Gasteiger charge is -2.18. The Morgan fingerprint density at radius 2 is 2.14 bits per heavy atom. The van der Waals surface area contributed by atoms with Crippen LogP contribution >= 0.6 is 0 Å². The molecule has 5 heteroatoms. The Bertz CT molecular complexity index is 367. The van der Waals surface area contributed by atoms with E-state index in [-0.39, 0.29) is 5.25 Å². The van der Waals surface area contributed by atoms with E-state index in [1.807, 2.05) is 0 Å². The number of rotatable bonds is 4. The van der Waals surface area contributed by atoms with Gasteiger partial charge in [0, 0.05) is 19.2 Å². The minimum atomic E-state index is -3.16. The molecule has 0 aliphatic rings. The molecule has 0 amide bonds. The molecule has 14 heavy (non-hydrogen) atoms. The summed E-state index contributed by atoms with van der Waals surface area (Å²) in [4.78, 5) is 0. The summed E-state index contributed by atoms with van der Waals surface area (Å²) in [5.41, 5.74) is 0.858. The molecule has 4 nitrogen and oxygen atoms in total. The van der Waals surface area contributed by atoms with Gasteiger partial charge in [-0.05, 0) is 19.9 Å². The van der Waals surface area contributed by atoms with Crippen LogP contribution in [-0.4, -0.2) is 25.0 Å². The van der Waals surface area contributed by atoms with Crippen LogP contribution in [0.1, 0.15) is 19.4 Å². The van der Waals surface area contributed by atoms with Crippen molar-refractivity contribution in [3.63, 3.8) is 0 Å². The third-order valence-corrected chi connectivity index (χ3v) is 4.20. The van der Waals surface area contributed by atoms with Crippen molar-refractivity contribution in [1.82, 2.24) is 4.31 Å². The van der Waals surface area contributed by atoms with Gasteiger partial charge < -0.3 is 4.42 Å². The average molecular weight is 217 g/mol. The van der Waals surface area contributed by atoms with Gasteiger partial charge in [0.25, 0.3) is 0 Å². The Balaban J connectivity index is 2.72. The molecule has 0 unspecified atom stereocenters. The second kappa shape index (κ2) is 4.14. The highest BCUT2D eigenvalue weighted by Crippen LogP contribution is 2.11. The number of furan rings is 1. The molecule has 1 heterocycles. The van der Waals surface area contributed by atoms with Crippen molar-refractivity contribution in [3.8, 4) is 0 Å². The zero-order valence-corrected chi connectivity index (χ0v) is 9.41. The highest BCUT2D eigenvalue weighted by molar-refractivity contribution is 7.89. The highest BCUT2D eigenvalue weighted by Gasteiger charge is 2.22. The molecule has 0 saturated carbocycles. The van der Waals surface area contributed by atoms with Gasteiger partial charge in [0.05, 0.1) is 17.8 Å². The van der Waals surface area contributed by atoms with E-state index >= 15 is 0 Å². The van der Waals surface area contributed by atoms with Crippen LogP contribution in [0.15, 0.2) is 23.0 Å². The third-order valence-electron chi connectivity index (χ3n) is 2.02. The van der Waals surface area contributed by atoms with E-state index < -0.39 is 10.0 Å². The maximum absolute atomic E-state index is 11.7. The molecule has 0 fully saturated rings. The molecule has 0 bridgehead atoms. The molecule has 1 rings (SSSR count). The maximum Gasteiger partial charge on any atom is 0.216 e. The molecule has 0 aliphatic heterocycles. The summed E-state index contributed by atoms with van der Waals surface area (Å²) in [5, 5.41) is -0.389. The predicted molar refractivity (Wildman–Crippen MR) is 54.2 cm³/mol. The third kappa shape index (κ3) is 2.36. The van der Waals surface area contributed by atoms with Crippen LogP contribution in [0.3, 0.4) is 0 Å². The van der Waals surface area contributed by atoms with Gasteiger partial charge in [-0.1, -0.05) is 0 Å². The van der Waals surface area contributed by atoms with Crippen molar-refractivity contribution in [2.24, 2.45) is 0 Å². The van der Waals surface area contributed by atoms with Gasteiger partial charge in [0.15, 0.2) is 0 Å². The van der Waals surface area contributed by atoms with Crippen LogP contribution in [0.5, 0.6) is 0 Å². The second-order valence-electron chi connectivity index (χ2n) is 3.48. The van der Waals surface area contributed by atoms with Crippen molar-refractivity contribution < 1.29 is 12.8 Å². The first-order valence-corrected chi connectivity index (χ1v) is 5.91. The van der Waals surface area contributed by atoms with E-state index in [4.69, 9.17) is 4.42 Å². The van der Waals surface area contributed by atoms with Gasteiger partial charge in [0.1, 0.15) is 0 Å². The molecule has 1 aromatic heterocycles. The van der Waals surface area contributed by atoms with E-state index in [0.29, 0.717) is 6.54 Å². The lowest BCUT2D eigenvalue weighted by Crippen LogP contribution is -2.32. The monoisotopic (exact) mass is 217 g/mol. The maximum atomic E-state index is 11.7. The molecule has 0 atom stereocenters. The quantitative estimate of drug-likeness (QED) is 0.767. The topological polar surface area (TPSA) is 50.5 Å². The van der Waals surface area contributed by atoms with Crippen molar-refractivity contribution >= 4 is 10.0 Å². The SMILES string of the molecule is CC(C)S(=O)(=O)N(C)Cc1ccoc1. The Morgan fingerprint density at radius 3 is 2.57 bits per heavy atom. The smallest absolute Gasteiger partial charge is 0.216 e. The summed E-state index contributed by atoms with van der Waals surface area (Å²) >= 11 is 0. The average Bonchev–Trinajstić information content (AvgIpc) is 2.56. The number of hydrogen-bond donors (Lipinski definition) is 0. The van der Waals surface area contributed by atoms with Crippen LogP contribution in [0.25, 0.3) is 0 Å². The van der Waals surface area contributed by atoms with E-state index in [9.17, 15) is 8.42 Å². The lowest BCUT2D eigenvalue weighted by atomic mass is 10.3. The van der Waals surface area contributed by atoms with Crippen LogP contribution in [-0.2, 0) is 16.6 Å². The minimum Gasteiger partial charge on any atom is -0.472 e. The van der Waals surface area contributed by atoms with E-state index in [1.165, 1.54) is 10.6 Å². The van der Waals surface area contributed by atoms with E-state index in [1.54, 1.807) is 33.2 Å². The molecule has 0 saturated heterocycles. The largest absolute Gasteiger partial charge is 0.472 e. The standard InChI is InChI=1S/C9H15NO3S/c1-8(2)14(11,12)10(3)6-9-4-5-13-7-9/h4-5,7-8H,6H2,1-3H3. The minimum absolute atomic E-state index is 0.358. The molecule has 0 radical (unpaired) electrons. The molecular formula is C9H15NO3S. The van der Waals surface area contributed by atoms with Gasteiger partial charge in [-0.15, -0.1) is 0 Å². The van der Waals surface area contributed by atoms with Crippen LogP contribution in [0.4, 0.5) is 0 Å². The number of sulfonamides is 1. The van der Waals surface area contributed by atoms with E-state index in [2.05, 4.69) is 0 Å². The summed E-state index contributed by atoms with van der Waals surface area (Å²) in [6.07, 6.45) is 3.08. The molecule has 0 N–H and O–H groups in total. The Labute approximate surface area is 84.6 Å². The first kappa shape index (κ1) is 11.3. The Morgan fingerprint density at radius 1 is 1.50 bits per heavy atom. The molecule has 80 valence electrons. The zero-order chi connectivity index (χ0) is 10.8. The number of nitrogens with zero attached hydrogens (tertiary/aromatic N) is 1. The summed E-state index contributed by atoms with van der Waals surface area (Å²) < 4.78 is 29.5. The summed E-state index contributed by atoms with van der Waals surface area (Å²) in [7, 11) is -1.59. The first-order chi connectivity index (χ1) is 6.44. The number of hydrogen-bond acceptors (Lipinski definition) is 3. The summed E-state index contributed by atoms with van der Waals surface area (Å²) in [5.74, 6) is 0. The Kier molecular flexibility index (Phi) is 3.34. The van der Waals surface area contributed by atoms with Crippen molar-refractivity contribution in [2.75, 3.05) is 7.05 Å². The highest BCUT2D eigenvalue weighted by atomic mass is 32.2. The fourth-order valence-corrected chi connectivity index (χ4v) is 2.14. The van der Waals surface area contributed by atoms with Gasteiger partial charge >= 0.3 is 0 Å². The van der Waals surface area contributed by atoms with Gasteiger partial charge in [0.2, 0.25) is 10.0 Å². The molecule has 1 aromatic rings. The van der Waals surface area contributed by atoms with Crippen LogP contribution in [0, 0.1) is 0 Å². The first-order valence-electron chi connectivity index (χ1n) is 4.41. The Hall–Kier alpha value is -0.810. The van der Waals surface area contributed by atoms with E-state index in [0.717, 1.165) is 5.56 Å². The van der Waals surface area contributed by atoms with Gasteiger partial charge in [-0.25, -0.2) is 12.7 Å². The van der Waals surface area contributed by atoms with Crippen molar-refractivity contribution in [1.29, 1.82) is 0 Å².